The van der Waals surface area contributed by atoms with Crippen LogP contribution >= 0.6 is 0 Å². The molecule has 0 aliphatic rings. The zero-order valence-electron chi connectivity index (χ0n) is 12.0. The van der Waals surface area contributed by atoms with Crippen molar-refractivity contribution >= 4 is 17.4 Å². The highest BCUT2D eigenvalue weighted by atomic mass is 19.1. The molecule has 0 spiro atoms. The maximum Gasteiger partial charge on any atom is 0.244 e. The number of nitrogens with one attached hydrogen (secondary N) is 1. The first kappa shape index (κ1) is 15.0. The van der Waals surface area contributed by atoms with Gasteiger partial charge in [-0.15, -0.1) is 0 Å². The molecule has 1 heterocycles. The van der Waals surface area contributed by atoms with Crippen LogP contribution in [-0.2, 0) is 11.3 Å². The monoisotopic (exact) mass is 288 g/mol. The minimum absolute atomic E-state index is 0.0410. The van der Waals surface area contributed by atoms with Crippen molar-refractivity contribution in [1.29, 1.82) is 0 Å². The van der Waals surface area contributed by atoms with Crippen LogP contribution in [0, 0.1) is 11.7 Å². The van der Waals surface area contributed by atoms with Gasteiger partial charge in [0.1, 0.15) is 12.4 Å². The zero-order valence-corrected chi connectivity index (χ0v) is 12.0. The van der Waals surface area contributed by atoms with E-state index in [0.29, 0.717) is 11.3 Å². The summed E-state index contributed by atoms with van der Waals surface area (Å²) in [4.78, 5) is 23.7. The second kappa shape index (κ2) is 6.35. The van der Waals surface area contributed by atoms with Crippen LogP contribution in [0.2, 0.25) is 0 Å². The lowest BCUT2D eigenvalue weighted by molar-refractivity contribution is -0.116. The molecule has 0 bridgehead atoms. The summed E-state index contributed by atoms with van der Waals surface area (Å²) in [6, 6.07) is 7.40. The minimum atomic E-state index is -0.404. The lowest BCUT2D eigenvalue weighted by Gasteiger charge is -2.06. The smallest absolute Gasteiger partial charge is 0.244 e. The van der Waals surface area contributed by atoms with E-state index in [2.05, 4.69) is 5.32 Å². The van der Waals surface area contributed by atoms with Crippen LogP contribution in [0.3, 0.4) is 0 Å². The van der Waals surface area contributed by atoms with Gasteiger partial charge in [0, 0.05) is 29.6 Å². The Labute approximate surface area is 122 Å². The van der Waals surface area contributed by atoms with Crippen LogP contribution in [0.15, 0.2) is 42.7 Å². The van der Waals surface area contributed by atoms with Crippen molar-refractivity contribution in [1.82, 2.24) is 4.57 Å². The topological polar surface area (TPSA) is 51.1 Å². The van der Waals surface area contributed by atoms with E-state index in [1.54, 1.807) is 29.1 Å². The van der Waals surface area contributed by atoms with E-state index in [0.717, 1.165) is 0 Å². The Morgan fingerprint density at radius 2 is 2.05 bits per heavy atom. The van der Waals surface area contributed by atoms with Crippen LogP contribution in [-0.4, -0.2) is 16.3 Å². The standard InChI is InChI=1S/C16H17FN2O2/c1-11(2)16(21)12-6-7-19(9-12)10-15(20)18-14-5-3-4-13(17)8-14/h3-9,11H,10H2,1-2H3,(H,18,20). The maximum absolute atomic E-state index is 13.0. The van der Waals surface area contributed by atoms with Crippen molar-refractivity contribution in [2.24, 2.45) is 5.92 Å². The average Bonchev–Trinajstić information content (AvgIpc) is 2.85. The quantitative estimate of drug-likeness (QED) is 0.859. The number of anilines is 1. The highest BCUT2D eigenvalue weighted by molar-refractivity contribution is 5.97. The van der Waals surface area contributed by atoms with Crippen LogP contribution < -0.4 is 5.32 Å². The summed E-state index contributed by atoms with van der Waals surface area (Å²) in [6.45, 7) is 3.73. The minimum Gasteiger partial charge on any atom is -0.344 e. The molecule has 1 amide bonds. The Bertz CT molecular complexity index is 662. The Morgan fingerprint density at radius 3 is 2.71 bits per heavy atom. The number of rotatable bonds is 5. The Balaban J connectivity index is 1.99. The molecule has 110 valence electrons. The number of nitrogens with zero attached hydrogens (tertiary/aromatic N) is 1. The number of aromatic nitrogens is 1. The van der Waals surface area contributed by atoms with Gasteiger partial charge in [-0.25, -0.2) is 4.39 Å². The molecule has 0 unspecified atom stereocenters. The number of halogens is 1. The molecular formula is C16H17FN2O2. The van der Waals surface area contributed by atoms with E-state index in [1.165, 1.54) is 18.2 Å². The number of hydrogen-bond donors (Lipinski definition) is 1. The van der Waals surface area contributed by atoms with Crippen LogP contribution in [0.5, 0.6) is 0 Å². The highest BCUT2D eigenvalue weighted by Crippen LogP contribution is 2.11. The van der Waals surface area contributed by atoms with Crippen molar-refractivity contribution in [3.8, 4) is 0 Å². The molecule has 0 atom stereocenters. The number of carbonyl (C=O) groups is 2. The van der Waals surface area contributed by atoms with Crippen molar-refractivity contribution in [2.75, 3.05) is 5.32 Å². The summed E-state index contributed by atoms with van der Waals surface area (Å²) >= 11 is 0. The van der Waals surface area contributed by atoms with Gasteiger partial charge in [0.05, 0.1) is 0 Å². The van der Waals surface area contributed by atoms with Gasteiger partial charge in [0.15, 0.2) is 5.78 Å². The normalized spacial score (nSPS) is 10.7. The highest BCUT2D eigenvalue weighted by Gasteiger charge is 2.12. The first-order valence-corrected chi connectivity index (χ1v) is 6.71. The van der Waals surface area contributed by atoms with Crippen molar-refractivity contribution in [3.05, 3.63) is 54.1 Å². The predicted molar refractivity (Wildman–Crippen MR) is 78.6 cm³/mol. The number of Topliss-reactive ketones (excluding diaryl/α,β-unsaturated/α-hetero) is 1. The van der Waals surface area contributed by atoms with E-state index in [1.807, 2.05) is 13.8 Å². The van der Waals surface area contributed by atoms with Gasteiger partial charge in [-0.05, 0) is 24.3 Å². The van der Waals surface area contributed by atoms with E-state index in [-0.39, 0.29) is 24.2 Å². The molecule has 0 saturated carbocycles. The van der Waals surface area contributed by atoms with Crippen LogP contribution in [0.1, 0.15) is 24.2 Å². The lowest BCUT2D eigenvalue weighted by Crippen LogP contribution is -2.18. The van der Waals surface area contributed by atoms with Crippen molar-refractivity contribution in [2.45, 2.75) is 20.4 Å². The first-order chi connectivity index (χ1) is 9.95. The molecule has 0 aliphatic heterocycles. The third-order valence-electron chi connectivity index (χ3n) is 2.99. The van der Waals surface area contributed by atoms with Crippen molar-refractivity contribution < 1.29 is 14.0 Å². The molecule has 2 aromatic rings. The molecule has 0 fully saturated rings. The Hall–Kier alpha value is -2.43. The Morgan fingerprint density at radius 1 is 1.29 bits per heavy atom. The molecule has 5 heteroatoms. The van der Waals surface area contributed by atoms with Gasteiger partial charge in [0.25, 0.3) is 0 Å². The summed E-state index contributed by atoms with van der Waals surface area (Å²) in [5.74, 6) is -0.723. The van der Waals surface area contributed by atoms with Crippen molar-refractivity contribution in [3.63, 3.8) is 0 Å². The van der Waals surface area contributed by atoms with E-state index in [4.69, 9.17) is 0 Å². The third-order valence-corrected chi connectivity index (χ3v) is 2.99. The number of carbonyl (C=O) groups excluding carboxylic acids is 2. The van der Waals surface area contributed by atoms with E-state index >= 15 is 0 Å². The molecule has 21 heavy (non-hydrogen) atoms. The second-order valence-corrected chi connectivity index (χ2v) is 5.15. The molecule has 2 rings (SSSR count). The van der Waals surface area contributed by atoms with Gasteiger partial charge in [-0.3, -0.25) is 9.59 Å². The Kier molecular flexibility index (Phi) is 4.52. The average molecular weight is 288 g/mol. The molecular weight excluding hydrogens is 271 g/mol. The van der Waals surface area contributed by atoms with Crippen LogP contribution in [0.4, 0.5) is 10.1 Å². The number of amides is 1. The first-order valence-electron chi connectivity index (χ1n) is 6.71. The SMILES string of the molecule is CC(C)C(=O)c1ccn(CC(=O)Nc2cccc(F)c2)c1. The third kappa shape index (κ3) is 4.02. The molecule has 0 radical (unpaired) electrons. The largest absolute Gasteiger partial charge is 0.344 e. The maximum atomic E-state index is 13.0. The van der Waals surface area contributed by atoms with Gasteiger partial charge >= 0.3 is 0 Å². The number of benzene rings is 1. The summed E-state index contributed by atoms with van der Waals surface area (Å²) in [5, 5.41) is 2.61. The molecule has 1 aromatic carbocycles. The summed E-state index contributed by atoms with van der Waals surface area (Å²) in [7, 11) is 0. The zero-order chi connectivity index (χ0) is 15.4. The molecule has 1 aromatic heterocycles. The van der Waals surface area contributed by atoms with Gasteiger partial charge < -0.3 is 9.88 Å². The molecule has 0 saturated heterocycles. The summed E-state index contributed by atoms with van der Waals surface area (Å²) in [6.07, 6.45) is 3.33. The second-order valence-electron chi connectivity index (χ2n) is 5.15. The van der Waals surface area contributed by atoms with E-state index < -0.39 is 5.82 Å². The fourth-order valence-electron chi connectivity index (χ4n) is 1.95. The van der Waals surface area contributed by atoms with Gasteiger partial charge in [0.2, 0.25) is 5.91 Å². The van der Waals surface area contributed by atoms with E-state index in [9.17, 15) is 14.0 Å². The lowest BCUT2D eigenvalue weighted by atomic mass is 10.0. The predicted octanol–water partition coefficient (Wildman–Crippen LogP) is 3.10. The number of ketones is 1. The summed E-state index contributed by atoms with van der Waals surface area (Å²) < 4.78 is 14.6. The fraction of sp³-hybridized carbons (Fsp3) is 0.250. The van der Waals surface area contributed by atoms with Crippen LogP contribution in [0.25, 0.3) is 0 Å². The molecule has 1 N–H and O–H groups in total. The van der Waals surface area contributed by atoms with Gasteiger partial charge in [-0.1, -0.05) is 19.9 Å². The number of hydrogen-bond acceptors (Lipinski definition) is 2. The summed E-state index contributed by atoms with van der Waals surface area (Å²) in [5.41, 5.74) is 0.995. The fourth-order valence-corrected chi connectivity index (χ4v) is 1.95. The molecule has 4 nitrogen and oxygen atoms in total. The van der Waals surface area contributed by atoms with Gasteiger partial charge in [-0.2, -0.15) is 0 Å². The molecule has 0 aliphatic carbocycles.